The quantitative estimate of drug-likeness (QED) is 0.234. The van der Waals surface area contributed by atoms with Crippen molar-refractivity contribution in [2.24, 2.45) is 4.99 Å². The Kier molecular flexibility index (Phi) is 11.3. The minimum Gasteiger partial charge on any atom is -0.385 e. The number of aliphatic imine (C=N–C) groups is 1. The van der Waals surface area contributed by atoms with Gasteiger partial charge in [0.25, 0.3) is 0 Å². The molecule has 2 aliphatic rings. The molecule has 1 aliphatic heterocycles. The van der Waals surface area contributed by atoms with Crippen LogP contribution in [0.3, 0.4) is 0 Å². The highest BCUT2D eigenvalue weighted by atomic mass is 127. The molecule has 1 saturated carbocycles. The number of hydrogen-bond donors (Lipinski definition) is 1. The van der Waals surface area contributed by atoms with E-state index in [1.54, 1.807) is 7.11 Å². The van der Waals surface area contributed by atoms with Crippen LogP contribution in [0.1, 0.15) is 63.6 Å². The minimum absolute atomic E-state index is 0. The summed E-state index contributed by atoms with van der Waals surface area (Å²) in [5, 5.41) is 8.21. The molecule has 0 radical (unpaired) electrons. The first kappa shape index (κ1) is 24.4. The van der Waals surface area contributed by atoms with E-state index in [2.05, 4.69) is 34.1 Å². The maximum Gasteiger partial charge on any atom is 0.194 e. The Bertz CT molecular complexity index is 596. The molecule has 29 heavy (non-hydrogen) atoms. The number of halogens is 1. The third-order valence-electron chi connectivity index (χ3n) is 5.68. The Labute approximate surface area is 192 Å². The van der Waals surface area contributed by atoms with E-state index in [0.29, 0.717) is 18.7 Å². The Morgan fingerprint density at radius 1 is 1.21 bits per heavy atom. The molecule has 0 bridgehead atoms. The first-order valence-corrected chi connectivity index (χ1v) is 11.0. The lowest BCUT2D eigenvalue weighted by Gasteiger charge is -2.34. The SMILES string of the molecule is CCNC(=NCc1ccn(C2CCCC2)n1)N1CCC(OCCCOC)CC1.I. The van der Waals surface area contributed by atoms with E-state index in [0.717, 1.165) is 63.8 Å². The van der Waals surface area contributed by atoms with Gasteiger partial charge in [-0.25, -0.2) is 4.99 Å². The smallest absolute Gasteiger partial charge is 0.194 e. The Balaban J connectivity index is 0.00000300. The number of aromatic nitrogens is 2. The largest absolute Gasteiger partial charge is 0.385 e. The van der Waals surface area contributed by atoms with Crippen LogP contribution in [0.4, 0.5) is 0 Å². The summed E-state index contributed by atoms with van der Waals surface area (Å²) < 4.78 is 13.2. The van der Waals surface area contributed by atoms with Crippen LogP contribution in [-0.4, -0.2) is 66.7 Å². The molecule has 1 aromatic heterocycles. The maximum absolute atomic E-state index is 5.97. The molecule has 2 heterocycles. The zero-order chi connectivity index (χ0) is 19.6. The number of hydrogen-bond acceptors (Lipinski definition) is 4. The predicted molar refractivity (Wildman–Crippen MR) is 127 cm³/mol. The van der Waals surface area contributed by atoms with Crippen molar-refractivity contribution >= 4 is 29.9 Å². The van der Waals surface area contributed by atoms with Gasteiger partial charge in [-0.3, -0.25) is 4.68 Å². The highest BCUT2D eigenvalue weighted by Gasteiger charge is 2.22. The fourth-order valence-electron chi connectivity index (χ4n) is 4.10. The second kappa shape index (κ2) is 13.4. The number of likely N-dealkylation sites (tertiary alicyclic amines) is 1. The fraction of sp³-hybridized carbons (Fsp3) is 0.810. The number of rotatable bonds is 9. The summed E-state index contributed by atoms with van der Waals surface area (Å²) >= 11 is 0. The lowest BCUT2D eigenvalue weighted by Crippen LogP contribution is -2.47. The number of nitrogens with zero attached hydrogens (tertiary/aromatic N) is 4. The van der Waals surface area contributed by atoms with E-state index < -0.39 is 0 Å². The van der Waals surface area contributed by atoms with Crippen LogP contribution in [0.5, 0.6) is 0 Å². The maximum atomic E-state index is 5.97. The number of piperidine rings is 1. The van der Waals surface area contributed by atoms with Crippen molar-refractivity contribution in [1.29, 1.82) is 0 Å². The second-order valence-electron chi connectivity index (χ2n) is 7.80. The van der Waals surface area contributed by atoms with Crippen LogP contribution in [0.15, 0.2) is 17.3 Å². The van der Waals surface area contributed by atoms with E-state index in [4.69, 9.17) is 19.6 Å². The third kappa shape index (κ3) is 7.71. The molecule has 1 aliphatic carbocycles. The lowest BCUT2D eigenvalue weighted by molar-refractivity contribution is 0.00990. The average Bonchev–Trinajstić information content (AvgIpc) is 3.41. The van der Waals surface area contributed by atoms with Gasteiger partial charge in [0.2, 0.25) is 0 Å². The Morgan fingerprint density at radius 2 is 1.97 bits per heavy atom. The van der Waals surface area contributed by atoms with Gasteiger partial charge in [-0.15, -0.1) is 24.0 Å². The highest BCUT2D eigenvalue weighted by molar-refractivity contribution is 14.0. The number of ether oxygens (including phenoxy) is 2. The van der Waals surface area contributed by atoms with E-state index in [1.807, 2.05) is 0 Å². The fourth-order valence-corrected chi connectivity index (χ4v) is 4.10. The summed E-state index contributed by atoms with van der Waals surface area (Å²) in [6.07, 6.45) is 10.7. The van der Waals surface area contributed by atoms with Gasteiger partial charge in [0.1, 0.15) is 0 Å². The van der Waals surface area contributed by atoms with E-state index in [-0.39, 0.29) is 24.0 Å². The summed E-state index contributed by atoms with van der Waals surface area (Å²) in [6.45, 7) is 7.16. The molecule has 1 aromatic rings. The third-order valence-corrected chi connectivity index (χ3v) is 5.68. The Hall–Kier alpha value is -0.870. The van der Waals surface area contributed by atoms with Gasteiger partial charge in [0.15, 0.2) is 5.96 Å². The average molecular weight is 519 g/mol. The van der Waals surface area contributed by atoms with Gasteiger partial charge >= 0.3 is 0 Å². The highest BCUT2D eigenvalue weighted by Crippen LogP contribution is 2.28. The van der Waals surface area contributed by atoms with E-state index in [1.165, 1.54) is 25.7 Å². The molecule has 3 rings (SSSR count). The number of methoxy groups -OCH3 is 1. The zero-order valence-electron chi connectivity index (χ0n) is 18.0. The summed E-state index contributed by atoms with van der Waals surface area (Å²) in [6, 6.07) is 2.71. The molecule has 0 aromatic carbocycles. The number of guanidine groups is 1. The van der Waals surface area contributed by atoms with Crippen molar-refractivity contribution < 1.29 is 9.47 Å². The lowest BCUT2D eigenvalue weighted by atomic mass is 10.1. The molecule has 0 amide bonds. The monoisotopic (exact) mass is 519 g/mol. The first-order chi connectivity index (χ1) is 13.8. The second-order valence-corrected chi connectivity index (χ2v) is 7.80. The minimum atomic E-state index is 0. The zero-order valence-corrected chi connectivity index (χ0v) is 20.3. The summed E-state index contributed by atoms with van der Waals surface area (Å²) in [5.41, 5.74) is 1.05. The molecule has 2 fully saturated rings. The van der Waals surface area contributed by atoms with Crippen LogP contribution in [0.25, 0.3) is 0 Å². The predicted octanol–water partition coefficient (Wildman–Crippen LogP) is 3.60. The molecule has 0 spiro atoms. The van der Waals surface area contributed by atoms with Crippen molar-refractivity contribution in [2.75, 3.05) is 40.0 Å². The normalized spacial score (nSPS) is 18.8. The van der Waals surface area contributed by atoms with Crippen molar-refractivity contribution in [3.05, 3.63) is 18.0 Å². The van der Waals surface area contributed by atoms with Crippen LogP contribution in [0, 0.1) is 0 Å². The van der Waals surface area contributed by atoms with Gasteiger partial charge in [0, 0.05) is 46.2 Å². The topological polar surface area (TPSA) is 63.9 Å². The van der Waals surface area contributed by atoms with Crippen molar-refractivity contribution in [3.63, 3.8) is 0 Å². The van der Waals surface area contributed by atoms with Crippen LogP contribution >= 0.6 is 24.0 Å². The number of nitrogens with one attached hydrogen (secondary N) is 1. The van der Waals surface area contributed by atoms with Crippen LogP contribution in [0.2, 0.25) is 0 Å². The van der Waals surface area contributed by atoms with Gasteiger partial charge in [-0.05, 0) is 45.1 Å². The van der Waals surface area contributed by atoms with Gasteiger partial charge < -0.3 is 19.7 Å². The van der Waals surface area contributed by atoms with Gasteiger partial charge in [-0.2, -0.15) is 5.10 Å². The Morgan fingerprint density at radius 3 is 2.66 bits per heavy atom. The van der Waals surface area contributed by atoms with Gasteiger partial charge in [0.05, 0.1) is 24.4 Å². The molecule has 0 atom stereocenters. The molecule has 1 saturated heterocycles. The molecular weight excluding hydrogens is 481 g/mol. The van der Waals surface area contributed by atoms with Crippen LogP contribution < -0.4 is 5.32 Å². The van der Waals surface area contributed by atoms with Gasteiger partial charge in [-0.1, -0.05) is 12.8 Å². The summed E-state index contributed by atoms with van der Waals surface area (Å²) in [5.74, 6) is 0.996. The molecule has 0 unspecified atom stereocenters. The molecule has 7 nitrogen and oxygen atoms in total. The molecule has 1 N–H and O–H groups in total. The van der Waals surface area contributed by atoms with Crippen molar-refractivity contribution in [3.8, 4) is 0 Å². The first-order valence-electron chi connectivity index (χ1n) is 11.0. The van der Waals surface area contributed by atoms with Crippen molar-refractivity contribution in [2.45, 2.75) is 70.6 Å². The molecular formula is C21H38IN5O2. The van der Waals surface area contributed by atoms with E-state index in [9.17, 15) is 0 Å². The molecule has 166 valence electrons. The molecule has 8 heteroatoms. The summed E-state index contributed by atoms with van der Waals surface area (Å²) in [4.78, 5) is 7.21. The van der Waals surface area contributed by atoms with Crippen LogP contribution in [-0.2, 0) is 16.0 Å². The summed E-state index contributed by atoms with van der Waals surface area (Å²) in [7, 11) is 1.74. The standard InChI is InChI=1S/C21H37N5O2.HI/c1-3-22-21(25-12-10-20(11-13-25)28-16-6-15-27-2)23-17-18-9-14-26(24-18)19-7-4-5-8-19;/h9,14,19-20H,3-8,10-13,15-17H2,1-2H3,(H,22,23);1H. The van der Waals surface area contributed by atoms with E-state index >= 15 is 0 Å². The van der Waals surface area contributed by atoms with Crippen molar-refractivity contribution in [1.82, 2.24) is 20.0 Å².